The van der Waals surface area contributed by atoms with Gasteiger partial charge < -0.3 is 14.4 Å². The standard InChI is InChI=1S/C20H20N2O5S2/c1-26-16-9-8-13(10-17(16)27-2)19(23)21-20-22(14-6-4-3-5-7-14)15-11-29(24,25)12-18(15)28-20/h3-10,15,18H,11-12H2,1-2H3/t15-,18-/m0/s1. The number of para-hydroxylation sites is 1. The molecule has 7 nitrogen and oxygen atoms in total. The number of benzene rings is 2. The Kier molecular flexibility index (Phi) is 5.26. The second-order valence-electron chi connectivity index (χ2n) is 6.78. The fourth-order valence-electron chi connectivity index (χ4n) is 3.58. The van der Waals surface area contributed by atoms with E-state index >= 15 is 0 Å². The molecule has 2 atom stereocenters. The Hall–Kier alpha value is -2.52. The van der Waals surface area contributed by atoms with Crippen molar-refractivity contribution in [3.8, 4) is 11.5 Å². The molecular weight excluding hydrogens is 412 g/mol. The lowest BCUT2D eigenvalue weighted by Gasteiger charge is -2.24. The van der Waals surface area contributed by atoms with Gasteiger partial charge in [-0.3, -0.25) is 4.79 Å². The molecule has 9 heteroatoms. The van der Waals surface area contributed by atoms with Crippen LogP contribution in [0.3, 0.4) is 0 Å². The zero-order chi connectivity index (χ0) is 20.6. The topological polar surface area (TPSA) is 85.3 Å². The lowest BCUT2D eigenvalue weighted by Crippen LogP contribution is -2.37. The lowest BCUT2D eigenvalue weighted by atomic mass is 10.2. The Morgan fingerprint density at radius 3 is 2.48 bits per heavy atom. The number of sulfone groups is 1. The van der Waals surface area contributed by atoms with Crippen LogP contribution < -0.4 is 14.4 Å². The lowest BCUT2D eigenvalue weighted by molar-refractivity contribution is 0.100. The summed E-state index contributed by atoms with van der Waals surface area (Å²) in [5, 5.41) is 0.373. The third-order valence-electron chi connectivity index (χ3n) is 4.93. The van der Waals surface area contributed by atoms with Gasteiger partial charge in [0.05, 0.1) is 31.8 Å². The zero-order valence-electron chi connectivity index (χ0n) is 15.9. The Labute approximate surface area is 173 Å². The second-order valence-corrected chi connectivity index (χ2v) is 10.1. The maximum Gasteiger partial charge on any atom is 0.279 e. The van der Waals surface area contributed by atoms with E-state index in [2.05, 4.69) is 4.99 Å². The summed E-state index contributed by atoms with van der Waals surface area (Å²) in [5.41, 5.74) is 1.19. The number of nitrogens with zero attached hydrogens (tertiary/aromatic N) is 2. The minimum atomic E-state index is -3.10. The number of thioether (sulfide) groups is 1. The monoisotopic (exact) mass is 432 g/mol. The minimum Gasteiger partial charge on any atom is -0.493 e. The number of amidine groups is 1. The number of anilines is 1. The number of methoxy groups -OCH3 is 2. The van der Waals surface area contributed by atoms with Crippen molar-refractivity contribution in [1.82, 2.24) is 0 Å². The summed E-state index contributed by atoms with van der Waals surface area (Å²) in [6, 6.07) is 14.1. The number of hydrogen-bond donors (Lipinski definition) is 0. The van der Waals surface area contributed by atoms with Gasteiger partial charge in [-0.15, -0.1) is 0 Å². The second kappa shape index (κ2) is 7.72. The van der Waals surface area contributed by atoms with E-state index < -0.39 is 15.7 Å². The van der Waals surface area contributed by atoms with Gasteiger partial charge in [-0.05, 0) is 30.3 Å². The van der Waals surface area contributed by atoms with Gasteiger partial charge in [-0.2, -0.15) is 4.99 Å². The van der Waals surface area contributed by atoms with Crippen LogP contribution in [0.1, 0.15) is 10.4 Å². The summed E-state index contributed by atoms with van der Waals surface area (Å²) in [6.45, 7) is 0. The highest BCUT2D eigenvalue weighted by Crippen LogP contribution is 2.41. The molecule has 0 aromatic heterocycles. The largest absolute Gasteiger partial charge is 0.493 e. The minimum absolute atomic E-state index is 0.0587. The van der Waals surface area contributed by atoms with Crippen molar-refractivity contribution in [2.75, 3.05) is 30.6 Å². The van der Waals surface area contributed by atoms with E-state index in [0.717, 1.165) is 5.69 Å². The molecule has 2 aliphatic rings. The van der Waals surface area contributed by atoms with Crippen molar-refractivity contribution in [3.63, 3.8) is 0 Å². The van der Waals surface area contributed by atoms with Gasteiger partial charge in [0, 0.05) is 16.5 Å². The van der Waals surface area contributed by atoms with Crippen LogP contribution in [0.5, 0.6) is 11.5 Å². The van der Waals surface area contributed by atoms with Crippen molar-refractivity contribution in [1.29, 1.82) is 0 Å². The van der Waals surface area contributed by atoms with Crippen LogP contribution >= 0.6 is 11.8 Å². The van der Waals surface area contributed by atoms with Crippen molar-refractivity contribution in [2.45, 2.75) is 11.3 Å². The van der Waals surface area contributed by atoms with Crippen molar-refractivity contribution in [2.24, 2.45) is 4.99 Å². The Morgan fingerprint density at radius 1 is 1.07 bits per heavy atom. The Bertz CT molecular complexity index is 1070. The first-order valence-corrected chi connectivity index (χ1v) is 11.7. The van der Waals surface area contributed by atoms with Crippen molar-refractivity contribution >= 4 is 38.4 Å². The number of carbonyl (C=O) groups is 1. The third-order valence-corrected chi connectivity index (χ3v) is 8.14. The van der Waals surface area contributed by atoms with Crippen LogP contribution in [0, 0.1) is 0 Å². The Balaban J connectivity index is 1.69. The molecule has 0 bridgehead atoms. The molecule has 2 heterocycles. The van der Waals surface area contributed by atoms with E-state index in [0.29, 0.717) is 22.2 Å². The molecule has 2 fully saturated rings. The molecule has 0 spiro atoms. The van der Waals surface area contributed by atoms with Gasteiger partial charge in [0.25, 0.3) is 5.91 Å². The number of aliphatic imine (C=N–C) groups is 1. The molecule has 0 radical (unpaired) electrons. The smallest absolute Gasteiger partial charge is 0.279 e. The van der Waals surface area contributed by atoms with Gasteiger partial charge in [0.2, 0.25) is 0 Å². The molecule has 0 saturated carbocycles. The van der Waals surface area contributed by atoms with Crippen LogP contribution in [-0.2, 0) is 9.84 Å². The Morgan fingerprint density at radius 2 is 1.79 bits per heavy atom. The molecule has 2 aromatic carbocycles. The summed E-state index contributed by atoms with van der Waals surface area (Å²) in [7, 11) is -0.0694. The quantitative estimate of drug-likeness (QED) is 0.734. The maximum absolute atomic E-state index is 12.9. The summed E-state index contributed by atoms with van der Waals surface area (Å²) >= 11 is 1.35. The average Bonchev–Trinajstić information content (AvgIpc) is 3.18. The van der Waals surface area contributed by atoms with E-state index in [4.69, 9.17) is 9.47 Å². The van der Waals surface area contributed by atoms with Crippen LogP contribution in [0.2, 0.25) is 0 Å². The molecule has 0 unspecified atom stereocenters. The van der Waals surface area contributed by atoms with E-state index in [9.17, 15) is 13.2 Å². The molecular formula is C20H20N2O5S2. The highest BCUT2D eigenvalue weighted by Gasteiger charge is 2.49. The van der Waals surface area contributed by atoms with Gasteiger partial charge in [-0.1, -0.05) is 30.0 Å². The van der Waals surface area contributed by atoms with E-state index in [1.54, 1.807) is 18.2 Å². The van der Waals surface area contributed by atoms with E-state index in [1.807, 2.05) is 35.2 Å². The molecule has 0 N–H and O–H groups in total. The predicted octanol–water partition coefficient (Wildman–Crippen LogP) is 2.62. The summed E-state index contributed by atoms with van der Waals surface area (Å²) in [6.07, 6.45) is 0. The number of fused-ring (bicyclic) bond motifs is 1. The third kappa shape index (κ3) is 3.84. The predicted molar refractivity (Wildman–Crippen MR) is 114 cm³/mol. The molecule has 4 rings (SSSR count). The number of amides is 1. The highest BCUT2D eigenvalue weighted by molar-refractivity contribution is 8.16. The van der Waals surface area contributed by atoms with E-state index in [1.165, 1.54) is 26.0 Å². The SMILES string of the molecule is COc1ccc(C(=O)N=C2S[C@H]3CS(=O)(=O)C[C@@H]3N2c2ccccc2)cc1OC. The fraction of sp³-hybridized carbons (Fsp3) is 0.300. The van der Waals surface area contributed by atoms with Crippen molar-refractivity contribution in [3.05, 3.63) is 54.1 Å². The molecule has 2 saturated heterocycles. The fourth-order valence-corrected chi connectivity index (χ4v) is 7.49. The van der Waals surface area contributed by atoms with E-state index in [-0.39, 0.29) is 22.8 Å². The first-order valence-electron chi connectivity index (χ1n) is 8.98. The van der Waals surface area contributed by atoms with Gasteiger partial charge >= 0.3 is 0 Å². The first-order chi connectivity index (χ1) is 13.9. The van der Waals surface area contributed by atoms with Crippen LogP contribution in [-0.4, -0.2) is 56.5 Å². The number of rotatable bonds is 4. The van der Waals surface area contributed by atoms with Crippen molar-refractivity contribution < 1.29 is 22.7 Å². The maximum atomic E-state index is 12.9. The first kappa shape index (κ1) is 19.8. The molecule has 2 aliphatic heterocycles. The summed E-state index contributed by atoms with van der Waals surface area (Å²) in [4.78, 5) is 19.1. The normalized spacial score (nSPS) is 23.8. The van der Waals surface area contributed by atoms with Crippen LogP contribution in [0.15, 0.2) is 53.5 Å². The summed E-state index contributed by atoms with van der Waals surface area (Å²) in [5.74, 6) is 0.702. The molecule has 1 amide bonds. The number of carbonyl (C=O) groups excluding carboxylic acids is 1. The molecule has 0 aliphatic carbocycles. The van der Waals surface area contributed by atoms with Gasteiger partial charge in [-0.25, -0.2) is 8.42 Å². The number of ether oxygens (including phenoxy) is 2. The molecule has 29 heavy (non-hydrogen) atoms. The highest BCUT2D eigenvalue weighted by atomic mass is 32.2. The zero-order valence-corrected chi connectivity index (χ0v) is 17.6. The molecule has 2 aromatic rings. The molecule has 152 valence electrons. The number of hydrogen-bond acceptors (Lipinski definition) is 6. The van der Waals surface area contributed by atoms with Crippen LogP contribution in [0.25, 0.3) is 0 Å². The summed E-state index contributed by atoms with van der Waals surface area (Å²) < 4.78 is 34.7. The van der Waals surface area contributed by atoms with Gasteiger partial charge in [0.1, 0.15) is 0 Å². The van der Waals surface area contributed by atoms with Gasteiger partial charge in [0.15, 0.2) is 26.5 Å². The average molecular weight is 433 g/mol. The van der Waals surface area contributed by atoms with Crippen LogP contribution in [0.4, 0.5) is 5.69 Å².